The average molecular weight is 388 g/mol. The Morgan fingerprint density at radius 2 is 1.97 bits per heavy atom. The summed E-state index contributed by atoms with van der Waals surface area (Å²) in [5.41, 5.74) is 1.56. The van der Waals surface area contributed by atoms with Crippen molar-refractivity contribution >= 4 is 22.5 Å². The van der Waals surface area contributed by atoms with Crippen LogP contribution >= 0.6 is 0 Å². The normalized spacial score (nSPS) is 14.6. The van der Waals surface area contributed by atoms with Crippen LogP contribution in [-0.2, 0) is 0 Å². The molecule has 29 heavy (non-hydrogen) atoms. The highest BCUT2D eigenvalue weighted by molar-refractivity contribution is 5.86. The van der Waals surface area contributed by atoms with Crippen LogP contribution in [-0.4, -0.2) is 48.7 Å². The molecule has 148 valence electrons. The molecule has 0 aliphatic carbocycles. The van der Waals surface area contributed by atoms with Crippen molar-refractivity contribution in [2.45, 2.75) is 12.8 Å². The van der Waals surface area contributed by atoms with Gasteiger partial charge in [-0.3, -0.25) is 0 Å². The van der Waals surface area contributed by atoms with Crippen molar-refractivity contribution in [2.75, 3.05) is 43.6 Å². The predicted octanol–water partition coefficient (Wildman–Crippen LogP) is 3.26. The summed E-state index contributed by atoms with van der Waals surface area (Å²) in [5, 5.41) is 10.4. The Labute approximate surface area is 170 Å². The van der Waals surface area contributed by atoms with Crippen molar-refractivity contribution in [1.29, 1.82) is 5.26 Å². The lowest BCUT2D eigenvalue weighted by atomic mass is 9.96. The Bertz CT molecular complexity index is 1040. The van der Waals surface area contributed by atoms with Crippen LogP contribution < -0.4 is 14.5 Å². The molecule has 1 saturated heterocycles. The smallest absolute Gasteiger partial charge is 0.257 e. The molecule has 7 heteroatoms. The number of hydrogen-bond donors (Lipinski definition) is 0. The topological polar surface area (TPSA) is 78.2 Å². The summed E-state index contributed by atoms with van der Waals surface area (Å²) in [6.07, 6.45) is 5.45. The van der Waals surface area contributed by atoms with E-state index in [0.29, 0.717) is 17.4 Å². The molecular weight excluding hydrogens is 364 g/mol. The molecule has 1 aliphatic rings. The minimum absolute atomic E-state index is 0.553. The molecule has 4 rings (SSSR count). The fourth-order valence-corrected chi connectivity index (χ4v) is 3.96. The van der Waals surface area contributed by atoms with Gasteiger partial charge in [-0.05, 0) is 30.9 Å². The second-order valence-corrected chi connectivity index (χ2v) is 7.36. The zero-order chi connectivity index (χ0) is 20.2. The van der Waals surface area contributed by atoms with Gasteiger partial charge in [0.1, 0.15) is 5.82 Å². The summed E-state index contributed by atoms with van der Waals surface area (Å²) >= 11 is 0. The zero-order valence-corrected chi connectivity index (χ0v) is 16.7. The molecule has 0 atom stereocenters. The van der Waals surface area contributed by atoms with Gasteiger partial charge in [-0.15, -0.1) is 0 Å². The highest BCUT2D eigenvalue weighted by Gasteiger charge is 2.23. The van der Waals surface area contributed by atoms with Crippen LogP contribution in [0.1, 0.15) is 18.4 Å². The Balaban J connectivity index is 1.43. The first kappa shape index (κ1) is 18.9. The molecule has 0 N–H and O–H groups in total. The van der Waals surface area contributed by atoms with Crippen LogP contribution in [0.25, 0.3) is 10.9 Å². The van der Waals surface area contributed by atoms with Gasteiger partial charge in [0.05, 0.1) is 24.3 Å². The average Bonchev–Trinajstić information content (AvgIpc) is 2.78. The van der Waals surface area contributed by atoms with E-state index >= 15 is 0 Å². The highest BCUT2D eigenvalue weighted by Crippen LogP contribution is 2.28. The van der Waals surface area contributed by atoms with Crippen LogP contribution in [0.3, 0.4) is 0 Å². The molecule has 1 aromatic carbocycles. The van der Waals surface area contributed by atoms with Gasteiger partial charge >= 0.3 is 0 Å². The zero-order valence-electron chi connectivity index (χ0n) is 16.7. The molecule has 0 radical (unpaired) electrons. The second kappa shape index (κ2) is 8.31. The maximum absolute atomic E-state index is 9.53. The Morgan fingerprint density at radius 1 is 1.21 bits per heavy atom. The largest absolute Gasteiger partial charge is 0.478 e. The van der Waals surface area contributed by atoms with Gasteiger partial charge in [0, 0.05) is 44.5 Å². The molecule has 0 unspecified atom stereocenters. The third-order valence-electron chi connectivity index (χ3n) is 5.50. The standard InChI is InChI=1S/C22H24N6O/c1-27(21-22(29-2)25-10-9-24-21)15-16-7-11-28(12-8-16)20-13-17(14-23)18-5-3-4-6-19(18)26-20/h3-6,9-10,13,16H,7-8,11-12,15H2,1-2H3. The number of aromatic nitrogens is 3. The molecule has 0 amide bonds. The van der Waals surface area contributed by atoms with Crippen molar-refractivity contribution in [1.82, 2.24) is 15.0 Å². The van der Waals surface area contributed by atoms with E-state index in [1.165, 1.54) is 0 Å². The Hall–Kier alpha value is -3.40. The quantitative estimate of drug-likeness (QED) is 0.664. The van der Waals surface area contributed by atoms with Gasteiger partial charge in [0.2, 0.25) is 0 Å². The number of fused-ring (bicyclic) bond motifs is 1. The summed E-state index contributed by atoms with van der Waals surface area (Å²) in [4.78, 5) is 17.8. The number of para-hydroxylation sites is 1. The SMILES string of the molecule is COc1nccnc1N(C)CC1CCN(c2cc(C#N)c3ccccc3n2)CC1. The van der Waals surface area contributed by atoms with Crippen molar-refractivity contribution in [3.05, 3.63) is 48.3 Å². The summed E-state index contributed by atoms with van der Waals surface area (Å²) in [6, 6.07) is 12.1. The maximum atomic E-state index is 9.53. The Morgan fingerprint density at radius 3 is 2.72 bits per heavy atom. The predicted molar refractivity (Wildman–Crippen MR) is 113 cm³/mol. The minimum Gasteiger partial charge on any atom is -0.478 e. The summed E-state index contributed by atoms with van der Waals surface area (Å²) < 4.78 is 5.33. The number of anilines is 2. The van der Waals surface area contributed by atoms with Gasteiger partial charge in [-0.1, -0.05) is 18.2 Å². The third kappa shape index (κ3) is 3.92. The van der Waals surface area contributed by atoms with Crippen LogP contribution in [0.15, 0.2) is 42.7 Å². The van der Waals surface area contributed by atoms with E-state index in [1.54, 1.807) is 19.5 Å². The van der Waals surface area contributed by atoms with Crippen LogP contribution in [0, 0.1) is 17.2 Å². The highest BCUT2D eigenvalue weighted by atomic mass is 16.5. The van der Waals surface area contributed by atoms with Crippen molar-refractivity contribution < 1.29 is 4.74 Å². The fraction of sp³-hybridized carbons (Fsp3) is 0.364. The molecule has 7 nitrogen and oxygen atoms in total. The molecule has 1 aliphatic heterocycles. The first-order valence-corrected chi connectivity index (χ1v) is 9.80. The number of piperidine rings is 1. The molecule has 3 aromatic rings. The molecule has 0 spiro atoms. The number of rotatable bonds is 5. The number of pyridine rings is 1. The van der Waals surface area contributed by atoms with E-state index in [0.717, 1.165) is 55.0 Å². The van der Waals surface area contributed by atoms with E-state index in [9.17, 15) is 5.26 Å². The third-order valence-corrected chi connectivity index (χ3v) is 5.50. The summed E-state index contributed by atoms with van der Waals surface area (Å²) in [5.74, 6) is 2.77. The van der Waals surface area contributed by atoms with Gasteiger partial charge in [0.15, 0.2) is 5.82 Å². The number of nitriles is 1. The van der Waals surface area contributed by atoms with Gasteiger partial charge < -0.3 is 14.5 Å². The van der Waals surface area contributed by atoms with Crippen LogP contribution in [0.5, 0.6) is 5.88 Å². The summed E-state index contributed by atoms with van der Waals surface area (Å²) in [7, 11) is 3.65. The van der Waals surface area contributed by atoms with Crippen molar-refractivity contribution in [2.24, 2.45) is 5.92 Å². The lowest BCUT2D eigenvalue weighted by molar-refractivity contribution is 0.386. The van der Waals surface area contributed by atoms with E-state index in [4.69, 9.17) is 9.72 Å². The number of ether oxygens (including phenoxy) is 1. The number of benzene rings is 1. The maximum Gasteiger partial charge on any atom is 0.257 e. The Kier molecular flexibility index (Phi) is 5.43. The lowest BCUT2D eigenvalue weighted by Crippen LogP contribution is -2.38. The number of methoxy groups -OCH3 is 1. The number of nitrogens with zero attached hydrogens (tertiary/aromatic N) is 6. The number of hydrogen-bond acceptors (Lipinski definition) is 7. The molecular formula is C22H24N6O. The molecule has 2 aromatic heterocycles. The van der Waals surface area contributed by atoms with Crippen LogP contribution in [0.2, 0.25) is 0 Å². The monoisotopic (exact) mass is 388 g/mol. The van der Waals surface area contributed by atoms with Crippen molar-refractivity contribution in [3.63, 3.8) is 0 Å². The van der Waals surface area contributed by atoms with Crippen molar-refractivity contribution in [3.8, 4) is 11.9 Å². The van der Waals surface area contributed by atoms with Gasteiger partial charge in [-0.2, -0.15) is 5.26 Å². The van der Waals surface area contributed by atoms with Crippen LogP contribution in [0.4, 0.5) is 11.6 Å². The van der Waals surface area contributed by atoms with Gasteiger partial charge in [0.25, 0.3) is 5.88 Å². The fourth-order valence-electron chi connectivity index (χ4n) is 3.96. The van der Waals surface area contributed by atoms with E-state index < -0.39 is 0 Å². The molecule has 1 fully saturated rings. The van der Waals surface area contributed by atoms with Gasteiger partial charge in [-0.25, -0.2) is 15.0 Å². The lowest BCUT2D eigenvalue weighted by Gasteiger charge is -2.35. The first-order chi connectivity index (χ1) is 14.2. The summed E-state index contributed by atoms with van der Waals surface area (Å²) in [6.45, 7) is 2.75. The van der Waals surface area contributed by atoms with E-state index in [2.05, 4.69) is 25.8 Å². The minimum atomic E-state index is 0.553. The first-order valence-electron chi connectivity index (χ1n) is 9.80. The molecule has 0 bridgehead atoms. The van der Waals surface area contributed by atoms with E-state index in [1.807, 2.05) is 37.4 Å². The molecule has 3 heterocycles. The van der Waals surface area contributed by atoms with E-state index in [-0.39, 0.29) is 0 Å². The second-order valence-electron chi connectivity index (χ2n) is 7.36. The molecule has 0 saturated carbocycles.